The van der Waals surface area contributed by atoms with Gasteiger partial charge in [0.15, 0.2) is 0 Å². The standard InChI is InChI=1S/C16H26N2/c1-12(2)15-5-4-6-16(11-15)18-13(3)14-7-9-17-10-8-14/h7-10,12-13,15-16,18H,4-6,11H2,1-3H3/t13-,15?,16?/m0/s1. The molecule has 1 N–H and O–H groups in total. The molecule has 1 aliphatic carbocycles. The first-order chi connectivity index (χ1) is 8.66. The van der Waals surface area contributed by atoms with Crippen LogP contribution in [-0.4, -0.2) is 11.0 Å². The molecule has 3 atom stereocenters. The van der Waals surface area contributed by atoms with E-state index in [0.29, 0.717) is 12.1 Å². The van der Waals surface area contributed by atoms with E-state index in [0.717, 1.165) is 11.8 Å². The fourth-order valence-electron chi connectivity index (χ4n) is 3.09. The summed E-state index contributed by atoms with van der Waals surface area (Å²) in [5.41, 5.74) is 1.34. The summed E-state index contributed by atoms with van der Waals surface area (Å²) in [6.07, 6.45) is 9.23. The Morgan fingerprint density at radius 3 is 2.56 bits per heavy atom. The van der Waals surface area contributed by atoms with Crippen LogP contribution in [0.2, 0.25) is 0 Å². The van der Waals surface area contributed by atoms with E-state index >= 15 is 0 Å². The highest BCUT2D eigenvalue weighted by molar-refractivity contribution is 5.14. The molecule has 1 aromatic heterocycles. The number of pyridine rings is 1. The third kappa shape index (κ3) is 3.55. The average Bonchev–Trinajstić information content (AvgIpc) is 2.40. The number of rotatable bonds is 4. The van der Waals surface area contributed by atoms with Crippen molar-refractivity contribution in [3.63, 3.8) is 0 Å². The fraction of sp³-hybridized carbons (Fsp3) is 0.688. The minimum absolute atomic E-state index is 0.434. The molecule has 0 aliphatic heterocycles. The van der Waals surface area contributed by atoms with Gasteiger partial charge in [0.2, 0.25) is 0 Å². The molecule has 1 aromatic rings. The van der Waals surface area contributed by atoms with Gasteiger partial charge in [-0.25, -0.2) is 0 Å². The lowest BCUT2D eigenvalue weighted by atomic mass is 9.79. The number of nitrogens with zero attached hydrogens (tertiary/aromatic N) is 1. The Hall–Kier alpha value is -0.890. The zero-order valence-electron chi connectivity index (χ0n) is 11.9. The Bertz CT molecular complexity index is 347. The topological polar surface area (TPSA) is 24.9 Å². The van der Waals surface area contributed by atoms with Crippen LogP contribution in [-0.2, 0) is 0 Å². The Labute approximate surface area is 111 Å². The molecule has 2 unspecified atom stereocenters. The molecule has 2 rings (SSSR count). The summed E-state index contributed by atoms with van der Waals surface area (Å²) in [5, 5.41) is 3.79. The molecule has 0 radical (unpaired) electrons. The molecule has 0 saturated heterocycles. The number of aromatic nitrogens is 1. The predicted octanol–water partition coefficient (Wildman–Crippen LogP) is 3.95. The predicted molar refractivity (Wildman–Crippen MR) is 76.4 cm³/mol. The van der Waals surface area contributed by atoms with Gasteiger partial charge in [-0.2, -0.15) is 0 Å². The first-order valence-electron chi connectivity index (χ1n) is 7.32. The molecule has 1 fully saturated rings. The first kappa shape index (κ1) is 13.5. The fourth-order valence-corrected chi connectivity index (χ4v) is 3.09. The highest BCUT2D eigenvalue weighted by Crippen LogP contribution is 2.31. The van der Waals surface area contributed by atoms with Gasteiger partial charge < -0.3 is 5.32 Å². The van der Waals surface area contributed by atoms with Crippen molar-refractivity contribution in [3.8, 4) is 0 Å². The maximum atomic E-state index is 4.08. The highest BCUT2D eigenvalue weighted by Gasteiger charge is 2.24. The van der Waals surface area contributed by atoms with Crippen LogP contribution in [0.25, 0.3) is 0 Å². The SMILES string of the molecule is CC(C)C1CCCC(N[C@@H](C)c2ccncc2)C1. The van der Waals surface area contributed by atoms with Crippen LogP contribution in [0.4, 0.5) is 0 Å². The van der Waals surface area contributed by atoms with Gasteiger partial charge in [0, 0.05) is 24.5 Å². The van der Waals surface area contributed by atoms with E-state index in [1.54, 1.807) is 0 Å². The van der Waals surface area contributed by atoms with Crippen LogP contribution in [0.5, 0.6) is 0 Å². The second kappa shape index (κ2) is 6.33. The lowest BCUT2D eigenvalue weighted by molar-refractivity contribution is 0.223. The zero-order valence-corrected chi connectivity index (χ0v) is 11.9. The Kier molecular flexibility index (Phi) is 4.76. The van der Waals surface area contributed by atoms with E-state index in [-0.39, 0.29) is 0 Å². The minimum Gasteiger partial charge on any atom is -0.307 e. The smallest absolute Gasteiger partial charge is 0.0295 e. The summed E-state index contributed by atoms with van der Waals surface area (Å²) >= 11 is 0. The van der Waals surface area contributed by atoms with E-state index in [2.05, 4.69) is 43.2 Å². The molecule has 0 amide bonds. The maximum absolute atomic E-state index is 4.08. The van der Waals surface area contributed by atoms with Crippen molar-refractivity contribution < 1.29 is 0 Å². The normalized spacial score (nSPS) is 26.2. The Morgan fingerprint density at radius 2 is 1.89 bits per heavy atom. The van der Waals surface area contributed by atoms with Gasteiger partial charge in [0.25, 0.3) is 0 Å². The summed E-state index contributed by atoms with van der Waals surface area (Å²) in [6.45, 7) is 6.98. The van der Waals surface area contributed by atoms with E-state index in [4.69, 9.17) is 0 Å². The van der Waals surface area contributed by atoms with E-state index in [1.807, 2.05) is 12.4 Å². The molecule has 100 valence electrons. The zero-order chi connectivity index (χ0) is 13.0. The maximum Gasteiger partial charge on any atom is 0.0295 e. The summed E-state index contributed by atoms with van der Waals surface area (Å²) in [4.78, 5) is 4.08. The lowest BCUT2D eigenvalue weighted by Gasteiger charge is -2.34. The van der Waals surface area contributed by atoms with Gasteiger partial charge in [0.05, 0.1) is 0 Å². The molecular weight excluding hydrogens is 220 g/mol. The number of hydrogen-bond donors (Lipinski definition) is 1. The van der Waals surface area contributed by atoms with Crippen LogP contribution in [0.15, 0.2) is 24.5 Å². The van der Waals surface area contributed by atoms with Crippen molar-refractivity contribution in [1.82, 2.24) is 10.3 Å². The lowest BCUT2D eigenvalue weighted by Crippen LogP contribution is -2.37. The van der Waals surface area contributed by atoms with Crippen LogP contribution in [0.3, 0.4) is 0 Å². The Morgan fingerprint density at radius 1 is 1.17 bits per heavy atom. The summed E-state index contributed by atoms with van der Waals surface area (Å²) in [7, 11) is 0. The van der Waals surface area contributed by atoms with Crippen molar-refractivity contribution in [2.24, 2.45) is 11.8 Å². The molecule has 0 spiro atoms. The van der Waals surface area contributed by atoms with Crippen molar-refractivity contribution in [2.45, 2.75) is 58.5 Å². The van der Waals surface area contributed by atoms with E-state index in [9.17, 15) is 0 Å². The summed E-state index contributed by atoms with van der Waals surface area (Å²) < 4.78 is 0. The monoisotopic (exact) mass is 246 g/mol. The largest absolute Gasteiger partial charge is 0.307 e. The van der Waals surface area contributed by atoms with E-state index < -0.39 is 0 Å². The van der Waals surface area contributed by atoms with Crippen LogP contribution < -0.4 is 5.32 Å². The molecule has 1 aliphatic rings. The van der Waals surface area contributed by atoms with Crippen molar-refractivity contribution in [2.75, 3.05) is 0 Å². The molecule has 1 saturated carbocycles. The van der Waals surface area contributed by atoms with Gasteiger partial charge >= 0.3 is 0 Å². The quantitative estimate of drug-likeness (QED) is 0.870. The van der Waals surface area contributed by atoms with Crippen LogP contribution >= 0.6 is 0 Å². The molecule has 0 bridgehead atoms. The molecule has 2 nitrogen and oxygen atoms in total. The average molecular weight is 246 g/mol. The second-order valence-corrected chi connectivity index (χ2v) is 6.04. The van der Waals surface area contributed by atoms with Gasteiger partial charge in [-0.1, -0.05) is 26.7 Å². The van der Waals surface area contributed by atoms with Gasteiger partial charge in [-0.3, -0.25) is 4.98 Å². The summed E-state index contributed by atoms with van der Waals surface area (Å²) in [5.74, 6) is 1.73. The highest BCUT2D eigenvalue weighted by atomic mass is 14.9. The third-order valence-electron chi connectivity index (χ3n) is 4.35. The van der Waals surface area contributed by atoms with Gasteiger partial charge in [-0.15, -0.1) is 0 Å². The van der Waals surface area contributed by atoms with Crippen LogP contribution in [0, 0.1) is 11.8 Å². The molecule has 0 aromatic carbocycles. The molecule has 2 heteroatoms. The summed E-state index contributed by atoms with van der Waals surface area (Å²) in [6, 6.07) is 5.35. The third-order valence-corrected chi connectivity index (χ3v) is 4.35. The molecular formula is C16H26N2. The molecule has 1 heterocycles. The van der Waals surface area contributed by atoms with Crippen molar-refractivity contribution >= 4 is 0 Å². The number of nitrogens with one attached hydrogen (secondary N) is 1. The van der Waals surface area contributed by atoms with Crippen molar-refractivity contribution in [1.29, 1.82) is 0 Å². The number of hydrogen-bond acceptors (Lipinski definition) is 2. The molecule has 18 heavy (non-hydrogen) atoms. The van der Waals surface area contributed by atoms with Gasteiger partial charge in [-0.05, 0) is 49.3 Å². The van der Waals surface area contributed by atoms with E-state index in [1.165, 1.54) is 31.2 Å². The first-order valence-corrected chi connectivity index (χ1v) is 7.32. The minimum atomic E-state index is 0.434. The second-order valence-electron chi connectivity index (χ2n) is 6.04. The van der Waals surface area contributed by atoms with Gasteiger partial charge in [0.1, 0.15) is 0 Å². The van der Waals surface area contributed by atoms with Crippen molar-refractivity contribution in [3.05, 3.63) is 30.1 Å². The van der Waals surface area contributed by atoms with Crippen LogP contribution in [0.1, 0.15) is 58.1 Å². The Balaban J connectivity index is 1.89.